The first-order valence-electron chi connectivity index (χ1n) is 6.12. The number of primary amides is 1. The van der Waals surface area contributed by atoms with Crippen molar-refractivity contribution in [1.82, 2.24) is 0 Å². The molecule has 0 aliphatic heterocycles. The second-order valence-corrected chi connectivity index (χ2v) is 5.30. The van der Waals surface area contributed by atoms with E-state index in [0.29, 0.717) is 15.7 Å². The van der Waals surface area contributed by atoms with Gasteiger partial charge in [-0.15, -0.1) is 0 Å². The molecular formula is C15H13BrN2O3. The molecule has 108 valence electrons. The van der Waals surface area contributed by atoms with E-state index in [9.17, 15) is 14.7 Å². The van der Waals surface area contributed by atoms with Crippen molar-refractivity contribution >= 4 is 33.5 Å². The lowest BCUT2D eigenvalue weighted by Crippen LogP contribution is -2.23. The van der Waals surface area contributed by atoms with Crippen molar-refractivity contribution in [2.45, 2.75) is 6.04 Å². The van der Waals surface area contributed by atoms with Crippen LogP contribution in [0.1, 0.15) is 22.0 Å². The lowest BCUT2D eigenvalue weighted by molar-refractivity contribution is -0.138. The molecule has 6 heteroatoms. The van der Waals surface area contributed by atoms with Gasteiger partial charge >= 0.3 is 5.97 Å². The quantitative estimate of drug-likeness (QED) is 0.774. The van der Waals surface area contributed by atoms with Crippen molar-refractivity contribution in [3.05, 3.63) is 64.1 Å². The van der Waals surface area contributed by atoms with E-state index in [1.165, 1.54) is 0 Å². The van der Waals surface area contributed by atoms with Gasteiger partial charge in [0, 0.05) is 10.2 Å². The summed E-state index contributed by atoms with van der Waals surface area (Å²) in [6.45, 7) is 0. The fraction of sp³-hybridized carbons (Fsp3) is 0.0667. The third kappa shape index (κ3) is 3.61. The van der Waals surface area contributed by atoms with Crippen LogP contribution in [0, 0.1) is 0 Å². The van der Waals surface area contributed by atoms with E-state index in [2.05, 4.69) is 21.2 Å². The summed E-state index contributed by atoms with van der Waals surface area (Å²) >= 11 is 3.29. The first-order valence-corrected chi connectivity index (χ1v) is 6.92. The van der Waals surface area contributed by atoms with Crippen molar-refractivity contribution in [3.63, 3.8) is 0 Å². The van der Waals surface area contributed by atoms with Crippen LogP contribution < -0.4 is 11.1 Å². The first-order chi connectivity index (χ1) is 9.99. The van der Waals surface area contributed by atoms with Gasteiger partial charge in [0.2, 0.25) is 0 Å². The summed E-state index contributed by atoms with van der Waals surface area (Å²) in [5.74, 6) is -1.67. The molecule has 1 unspecified atom stereocenters. The predicted molar refractivity (Wildman–Crippen MR) is 83.1 cm³/mol. The van der Waals surface area contributed by atoms with Gasteiger partial charge in [-0.3, -0.25) is 4.79 Å². The van der Waals surface area contributed by atoms with Crippen LogP contribution in [-0.4, -0.2) is 17.0 Å². The lowest BCUT2D eigenvalue weighted by atomic mass is 10.1. The molecule has 2 aromatic carbocycles. The summed E-state index contributed by atoms with van der Waals surface area (Å²) < 4.78 is 0.715. The Morgan fingerprint density at radius 1 is 1.14 bits per heavy atom. The second kappa shape index (κ2) is 6.41. The smallest absolute Gasteiger partial charge is 0.330 e. The van der Waals surface area contributed by atoms with Gasteiger partial charge in [0.25, 0.3) is 5.91 Å². The number of hydrogen-bond acceptors (Lipinski definition) is 3. The first kappa shape index (κ1) is 15.1. The van der Waals surface area contributed by atoms with Gasteiger partial charge in [-0.05, 0) is 23.8 Å². The van der Waals surface area contributed by atoms with Crippen molar-refractivity contribution in [2.75, 3.05) is 5.32 Å². The summed E-state index contributed by atoms with van der Waals surface area (Å²) in [4.78, 5) is 22.9. The van der Waals surface area contributed by atoms with Crippen LogP contribution in [0.3, 0.4) is 0 Å². The Morgan fingerprint density at radius 2 is 1.81 bits per heavy atom. The molecule has 2 aromatic rings. The minimum atomic E-state index is -1.04. The standard InChI is InChI=1S/C15H13BrN2O3/c16-10-6-7-11(14(17)19)12(8-10)18-13(15(20)21)9-4-2-1-3-5-9/h1-8,13,18H,(H2,17,19)(H,20,21). The topological polar surface area (TPSA) is 92.4 Å². The molecule has 0 radical (unpaired) electrons. The highest BCUT2D eigenvalue weighted by atomic mass is 79.9. The average molecular weight is 349 g/mol. The summed E-state index contributed by atoms with van der Waals surface area (Å²) in [6.07, 6.45) is 0. The molecule has 0 aliphatic carbocycles. The minimum Gasteiger partial charge on any atom is -0.479 e. The lowest BCUT2D eigenvalue weighted by Gasteiger charge is -2.18. The number of nitrogens with two attached hydrogens (primary N) is 1. The number of hydrogen-bond donors (Lipinski definition) is 3. The molecule has 1 atom stereocenters. The molecular weight excluding hydrogens is 336 g/mol. The maximum absolute atomic E-state index is 11.5. The number of anilines is 1. The van der Waals surface area contributed by atoms with E-state index < -0.39 is 17.9 Å². The van der Waals surface area contributed by atoms with Gasteiger partial charge in [0.15, 0.2) is 6.04 Å². The van der Waals surface area contributed by atoms with Crippen LogP contribution in [0.4, 0.5) is 5.69 Å². The Balaban J connectivity index is 2.40. The van der Waals surface area contributed by atoms with Crippen LogP contribution in [0.25, 0.3) is 0 Å². The Bertz CT molecular complexity index is 674. The van der Waals surface area contributed by atoms with Gasteiger partial charge in [-0.25, -0.2) is 4.79 Å². The molecule has 21 heavy (non-hydrogen) atoms. The Morgan fingerprint density at radius 3 is 2.38 bits per heavy atom. The molecule has 0 aliphatic rings. The highest BCUT2D eigenvalue weighted by molar-refractivity contribution is 9.10. The van der Waals surface area contributed by atoms with Gasteiger partial charge in [-0.1, -0.05) is 46.3 Å². The summed E-state index contributed by atoms with van der Waals surface area (Å²) in [5, 5.41) is 12.3. The molecule has 0 bridgehead atoms. The van der Waals surface area contributed by atoms with Crippen LogP contribution in [0.5, 0.6) is 0 Å². The second-order valence-electron chi connectivity index (χ2n) is 4.38. The average Bonchev–Trinajstić information content (AvgIpc) is 2.45. The molecule has 5 nitrogen and oxygen atoms in total. The Hall–Kier alpha value is -2.34. The number of carboxylic acids is 1. The molecule has 0 aromatic heterocycles. The maximum Gasteiger partial charge on any atom is 0.330 e. The fourth-order valence-electron chi connectivity index (χ4n) is 1.94. The normalized spacial score (nSPS) is 11.7. The van der Waals surface area contributed by atoms with Crippen LogP contribution >= 0.6 is 15.9 Å². The van der Waals surface area contributed by atoms with Crippen molar-refractivity contribution in [2.24, 2.45) is 5.73 Å². The van der Waals surface area contributed by atoms with Gasteiger partial charge in [-0.2, -0.15) is 0 Å². The zero-order chi connectivity index (χ0) is 15.4. The van der Waals surface area contributed by atoms with Gasteiger partial charge in [0.1, 0.15) is 0 Å². The van der Waals surface area contributed by atoms with Crippen molar-refractivity contribution < 1.29 is 14.7 Å². The third-order valence-electron chi connectivity index (χ3n) is 2.93. The van der Waals surface area contributed by atoms with Crippen molar-refractivity contribution in [1.29, 1.82) is 0 Å². The zero-order valence-electron chi connectivity index (χ0n) is 10.9. The minimum absolute atomic E-state index is 0.236. The zero-order valence-corrected chi connectivity index (χ0v) is 12.5. The highest BCUT2D eigenvalue weighted by Crippen LogP contribution is 2.26. The summed E-state index contributed by atoms with van der Waals surface area (Å²) in [7, 11) is 0. The number of carbonyl (C=O) groups is 2. The van der Waals surface area contributed by atoms with Crippen molar-refractivity contribution in [3.8, 4) is 0 Å². The molecule has 0 fully saturated rings. The molecule has 0 spiro atoms. The number of nitrogens with one attached hydrogen (secondary N) is 1. The number of rotatable bonds is 5. The molecule has 2 rings (SSSR count). The van der Waals surface area contributed by atoms with E-state index in [1.807, 2.05) is 0 Å². The Kier molecular flexibility index (Phi) is 4.59. The van der Waals surface area contributed by atoms with Crippen LogP contribution in [0.2, 0.25) is 0 Å². The predicted octanol–water partition coefficient (Wildman–Crippen LogP) is 2.79. The number of benzene rings is 2. The number of carbonyl (C=O) groups excluding carboxylic acids is 1. The van der Waals surface area contributed by atoms with Crippen LogP contribution in [0.15, 0.2) is 53.0 Å². The van der Waals surface area contributed by atoms with E-state index in [0.717, 1.165) is 0 Å². The largest absolute Gasteiger partial charge is 0.479 e. The van der Waals surface area contributed by atoms with E-state index in [-0.39, 0.29) is 5.56 Å². The SMILES string of the molecule is NC(=O)c1ccc(Br)cc1NC(C(=O)O)c1ccccc1. The summed E-state index contributed by atoms with van der Waals surface area (Å²) in [5.41, 5.74) is 6.50. The molecule has 1 amide bonds. The number of amides is 1. The third-order valence-corrected chi connectivity index (χ3v) is 3.42. The van der Waals surface area contributed by atoms with Crippen LogP contribution in [-0.2, 0) is 4.79 Å². The number of aliphatic carboxylic acids is 1. The molecule has 0 heterocycles. The molecule has 0 saturated carbocycles. The Labute approximate surface area is 129 Å². The maximum atomic E-state index is 11.5. The number of halogens is 1. The number of carboxylic acid groups (broad SMARTS) is 1. The summed E-state index contributed by atoms with van der Waals surface area (Å²) in [6, 6.07) is 12.6. The highest BCUT2D eigenvalue weighted by Gasteiger charge is 2.21. The molecule has 0 saturated heterocycles. The van der Waals surface area contributed by atoms with Gasteiger partial charge < -0.3 is 16.2 Å². The van der Waals surface area contributed by atoms with E-state index in [4.69, 9.17) is 5.73 Å². The fourth-order valence-corrected chi connectivity index (χ4v) is 2.30. The van der Waals surface area contributed by atoms with E-state index >= 15 is 0 Å². The van der Waals surface area contributed by atoms with E-state index in [1.54, 1.807) is 48.5 Å². The molecule has 4 N–H and O–H groups in total. The monoisotopic (exact) mass is 348 g/mol. The van der Waals surface area contributed by atoms with Gasteiger partial charge in [0.05, 0.1) is 5.56 Å².